The SMILES string of the molecule is Cc1ccc(C(c2cccc(Cl)c2)N2CCCC(C(=O)O)C2)cc1. The maximum Gasteiger partial charge on any atom is 0.307 e. The standard InChI is InChI=1S/C20H22ClNO2/c1-14-7-9-15(10-8-14)19(16-4-2-6-18(21)12-16)22-11-3-5-17(13-22)20(23)24/h2,4,6-10,12,17,19H,3,5,11,13H2,1H3,(H,23,24). The zero-order valence-corrected chi connectivity index (χ0v) is 14.5. The Balaban J connectivity index is 1.98. The average Bonchev–Trinajstić information content (AvgIpc) is 2.57. The van der Waals surface area contributed by atoms with Gasteiger partial charge in [0, 0.05) is 11.6 Å². The van der Waals surface area contributed by atoms with Crippen LogP contribution in [0.2, 0.25) is 5.02 Å². The highest BCUT2D eigenvalue weighted by atomic mass is 35.5. The number of aliphatic carboxylic acids is 1. The second-order valence-corrected chi connectivity index (χ2v) is 6.98. The predicted molar refractivity (Wildman–Crippen MR) is 96.4 cm³/mol. The van der Waals surface area contributed by atoms with E-state index in [1.807, 2.05) is 18.2 Å². The fourth-order valence-electron chi connectivity index (χ4n) is 3.48. The van der Waals surface area contributed by atoms with Crippen molar-refractivity contribution in [3.8, 4) is 0 Å². The molecule has 0 aromatic heterocycles. The van der Waals surface area contributed by atoms with Gasteiger partial charge >= 0.3 is 5.97 Å². The fourth-order valence-corrected chi connectivity index (χ4v) is 3.68. The number of piperidine rings is 1. The minimum Gasteiger partial charge on any atom is -0.481 e. The van der Waals surface area contributed by atoms with Gasteiger partial charge in [-0.15, -0.1) is 0 Å². The molecular weight excluding hydrogens is 322 g/mol. The Morgan fingerprint density at radius 2 is 1.96 bits per heavy atom. The highest BCUT2D eigenvalue weighted by molar-refractivity contribution is 6.30. The van der Waals surface area contributed by atoms with E-state index < -0.39 is 5.97 Å². The van der Waals surface area contributed by atoms with Crippen LogP contribution in [0.1, 0.15) is 35.6 Å². The van der Waals surface area contributed by atoms with E-state index in [2.05, 4.69) is 42.2 Å². The van der Waals surface area contributed by atoms with E-state index in [0.29, 0.717) is 11.6 Å². The number of carboxylic acids is 1. The second kappa shape index (κ2) is 7.37. The van der Waals surface area contributed by atoms with Crippen LogP contribution in [0.5, 0.6) is 0 Å². The molecule has 1 N–H and O–H groups in total. The highest BCUT2D eigenvalue weighted by Crippen LogP contribution is 2.33. The van der Waals surface area contributed by atoms with Crippen LogP contribution in [-0.4, -0.2) is 29.1 Å². The van der Waals surface area contributed by atoms with E-state index in [9.17, 15) is 9.90 Å². The normalized spacial score (nSPS) is 19.8. The first kappa shape index (κ1) is 17.0. The van der Waals surface area contributed by atoms with Gasteiger partial charge in [-0.3, -0.25) is 9.69 Å². The third-order valence-corrected chi connectivity index (χ3v) is 4.96. The van der Waals surface area contributed by atoms with E-state index in [1.165, 1.54) is 11.1 Å². The first-order valence-electron chi connectivity index (χ1n) is 8.33. The molecule has 1 saturated heterocycles. The van der Waals surface area contributed by atoms with E-state index >= 15 is 0 Å². The summed E-state index contributed by atoms with van der Waals surface area (Å²) >= 11 is 6.21. The van der Waals surface area contributed by atoms with Gasteiger partial charge in [-0.1, -0.05) is 53.6 Å². The zero-order chi connectivity index (χ0) is 17.1. The number of likely N-dealkylation sites (tertiary alicyclic amines) is 1. The van der Waals surface area contributed by atoms with Gasteiger partial charge in [0.15, 0.2) is 0 Å². The Morgan fingerprint density at radius 1 is 1.21 bits per heavy atom. The van der Waals surface area contributed by atoms with Gasteiger partial charge < -0.3 is 5.11 Å². The molecular formula is C20H22ClNO2. The van der Waals surface area contributed by atoms with Gasteiger partial charge in [0.05, 0.1) is 12.0 Å². The lowest BCUT2D eigenvalue weighted by atomic mass is 9.91. The number of carboxylic acid groups (broad SMARTS) is 1. The van der Waals surface area contributed by atoms with Crippen molar-refractivity contribution in [2.45, 2.75) is 25.8 Å². The van der Waals surface area contributed by atoms with Gasteiger partial charge in [-0.25, -0.2) is 0 Å². The summed E-state index contributed by atoms with van der Waals surface area (Å²) in [7, 11) is 0. The summed E-state index contributed by atoms with van der Waals surface area (Å²) in [4.78, 5) is 13.7. The van der Waals surface area contributed by atoms with Crippen LogP contribution in [0.4, 0.5) is 0 Å². The van der Waals surface area contributed by atoms with Crippen molar-refractivity contribution < 1.29 is 9.90 Å². The maximum absolute atomic E-state index is 11.4. The molecule has 1 fully saturated rings. The Morgan fingerprint density at radius 3 is 2.62 bits per heavy atom. The molecule has 0 amide bonds. The van der Waals surface area contributed by atoms with Gasteiger partial charge in [0.25, 0.3) is 0 Å². The molecule has 24 heavy (non-hydrogen) atoms. The largest absolute Gasteiger partial charge is 0.481 e. The lowest BCUT2D eigenvalue weighted by Crippen LogP contribution is -2.41. The Kier molecular flexibility index (Phi) is 5.22. The molecule has 126 valence electrons. The van der Waals surface area contributed by atoms with Crippen LogP contribution in [-0.2, 0) is 4.79 Å². The number of aryl methyl sites for hydroxylation is 1. The van der Waals surface area contributed by atoms with Gasteiger partial charge in [0.1, 0.15) is 0 Å². The van der Waals surface area contributed by atoms with Crippen LogP contribution < -0.4 is 0 Å². The molecule has 2 unspecified atom stereocenters. The van der Waals surface area contributed by atoms with Crippen molar-refractivity contribution in [1.29, 1.82) is 0 Å². The minimum atomic E-state index is -0.701. The number of carbonyl (C=O) groups is 1. The molecule has 4 heteroatoms. The molecule has 2 aromatic carbocycles. The number of nitrogens with zero attached hydrogens (tertiary/aromatic N) is 1. The summed E-state index contributed by atoms with van der Waals surface area (Å²) in [6, 6.07) is 16.4. The predicted octanol–water partition coefficient (Wildman–Crippen LogP) is 4.53. The first-order valence-corrected chi connectivity index (χ1v) is 8.71. The van der Waals surface area contributed by atoms with Crippen LogP contribution in [0.3, 0.4) is 0 Å². The third kappa shape index (κ3) is 3.80. The van der Waals surface area contributed by atoms with Crippen molar-refractivity contribution in [2.75, 3.05) is 13.1 Å². The van der Waals surface area contributed by atoms with E-state index in [4.69, 9.17) is 11.6 Å². The number of benzene rings is 2. The van der Waals surface area contributed by atoms with E-state index in [1.54, 1.807) is 0 Å². The summed E-state index contributed by atoms with van der Waals surface area (Å²) < 4.78 is 0. The number of rotatable bonds is 4. The van der Waals surface area contributed by atoms with Crippen molar-refractivity contribution in [3.05, 3.63) is 70.2 Å². The van der Waals surface area contributed by atoms with Crippen molar-refractivity contribution in [2.24, 2.45) is 5.92 Å². The van der Waals surface area contributed by atoms with Crippen LogP contribution in [0.15, 0.2) is 48.5 Å². The number of hydrogen-bond donors (Lipinski definition) is 1. The monoisotopic (exact) mass is 343 g/mol. The lowest BCUT2D eigenvalue weighted by Gasteiger charge is -2.37. The molecule has 1 aliphatic heterocycles. The molecule has 2 atom stereocenters. The van der Waals surface area contributed by atoms with Gasteiger partial charge in [0.2, 0.25) is 0 Å². The van der Waals surface area contributed by atoms with Crippen LogP contribution in [0, 0.1) is 12.8 Å². The molecule has 3 rings (SSSR count). The van der Waals surface area contributed by atoms with Gasteiger partial charge in [-0.2, -0.15) is 0 Å². The van der Waals surface area contributed by atoms with Crippen LogP contribution in [0.25, 0.3) is 0 Å². The molecule has 0 bridgehead atoms. The molecule has 0 aliphatic carbocycles. The zero-order valence-electron chi connectivity index (χ0n) is 13.8. The molecule has 2 aromatic rings. The molecule has 0 spiro atoms. The van der Waals surface area contributed by atoms with E-state index in [0.717, 1.165) is 24.9 Å². The summed E-state index contributed by atoms with van der Waals surface area (Å²) in [5.74, 6) is -1.00. The summed E-state index contributed by atoms with van der Waals surface area (Å²) in [6.45, 7) is 3.54. The minimum absolute atomic E-state index is 0.0337. The Labute approximate surface area is 147 Å². The van der Waals surface area contributed by atoms with Gasteiger partial charge in [-0.05, 0) is 49.6 Å². The fraction of sp³-hybridized carbons (Fsp3) is 0.350. The van der Waals surface area contributed by atoms with Crippen LogP contribution >= 0.6 is 11.6 Å². The maximum atomic E-state index is 11.4. The summed E-state index contributed by atoms with van der Waals surface area (Å²) in [6.07, 6.45) is 1.65. The number of halogens is 1. The lowest BCUT2D eigenvalue weighted by molar-refractivity contribution is -0.143. The smallest absolute Gasteiger partial charge is 0.307 e. The summed E-state index contributed by atoms with van der Waals surface area (Å²) in [5.41, 5.74) is 3.50. The topological polar surface area (TPSA) is 40.5 Å². The molecule has 0 radical (unpaired) electrons. The Hall–Kier alpha value is -1.84. The Bertz CT molecular complexity index is 714. The molecule has 0 saturated carbocycles. The molecule has 1 aliphatic rings. The van der Waals surface area contributed by atoms with E-state index in [-0.39, 0.29) is 12.0 Å². The molecule has 1 heterocycles. The quantitative estimate of drug-likeness (QED) is 0.886. The third-order valence-electron chi connectivity index (χ3n) is 4.72. The van der Waals surface area contributed by atoms with Crippen molar-refractivity contribution in [3.63, 3.8) is 0 Å². The number of hydrogen-bond acceptors (Lipinski definition) is 2. The summed E-state index contributed by atoms with van der Waals surface area (Å²) in [5, 5.41) is 10.1. The first-order chi connectivity index (χ1) is 11.5. The highest BCUT2D eigenvalue weighted by Gasteiger charge is 2.31. The molecule has 3 nitrogen and oxygen atoms in total. The second-order valence-electron chi connectivity index (χ2n) is 6.54. The van der Waals surface area contributed by atoms with Crippen molar-refractivity contribution in [1.82, 2.24) is 4.90 Å². The average molecular weight is 344 g/mol. The van der Waals surface area contributed by atoms with Crippen molar-refractivity contribution >= 4 is 17.6 Å².